The molecule has 1 rings (SSSR count). The first-order valence-corrected chi connectivity index (χ1v) is 9.76. The van der Waals surface area contributed by atoms with Crippen LogP contribution in [0.5, 0.6) is 0 Å². The fraction of sp³-hybridized carbons (Fsp3) is 0.500. The average molecular weight is 388 g/mol. The summed E-state index contributed by atoms with van der Waals surface area (Å²) in [5.74, 6) is -0.760. The number of aliphatic hydroxyl groups is 1. The number of benzene rings is 1. The number of nitrogens with one attached hydrogen (secondary N) is 3. The molecule has 7 N–H and O–H groups in total. The van der Waals surface area contributed by atoms with E-state index in [1.54, 1.807) is 24.3 Å². The molecule has 0 saturated heterocycles. The summed E-state index contributed by atoms with van der Waals surface area (Å²) in [7, 11) is -3.31. The van der Waals surface area contributed by atoms with Gasteiger partial charge in [-0.3, -0.25) is 10.2 Å². The van der Waals surface area contributed by atoms with Crippen LogP contribution in [0.25, 0.3) is 0 Å². The van der Waals surface area contributed by atoms with Crippen molar-refractivity contribution < 1.29 is 23.4 Å². The van der Waals surface area contributed by atoms with Gasteiger partial charge >= 0.3 is 0 Å². The molecule has 0 aliphatic heterocycles. The second kappa shape index (κ2) is 12.2. The van der Waals surface area contributed by atoms with Crippen LogP contribution in [0, 0.1) is 5.41 Å². The first kappa shape index (κ1) is 23.8. The Bertz CT molecular complexity index is 658. The van der Waals surface area contributed by atoms with Gasteiger partial charge in [0.25, 0.3) is 5.97 Å². The van der Waals surface area contributed by atoms with Crippen LogP contribution in [0.2, 0.25) is 0 Å². The van der Waals surface area contributed by atoms with Crippen LogP contribution in [0.15, 0.2) is 24.3 Å². The van der Waals surface area contributed by atoms with Crippen molar-refractivity contribution in [1.82, 2.24) is 4.72 Å². The van der Waals surface area contributed by atoms with E-state index < -0.39 is 22.1 Å². The first-order valence-electron chi connectivity index (χ1n) is 8.10. The standard InChI is InChI=1S/C14H24N4O3S.C2H4O2/c1-2-3-8-22(20,21)18-10-13(19)9-17-12-6-4-11(5-7-12)14(15)16;1-2(3)4/h4-7,13,17-19H,2-3,8-10H2,1H3,(H3,15,16);1H3,(H,3,4). The SMILES string of the molecule is CC(=O)O.CCCCS(=O)(=O)NCC(O)CNc1ccc(C(=N)N)cc1. The summed E-state index contributed by atoms with van der Waals surface area (Å²) in [5, 5.41) is 27.5. The third-order valence-corrected chi connectivity index (χ3v) is 4.48. The molecule has 0 aliphatic carbocycles. The molecule has 0 fully saturated rings. The largest absolute Gasteiger partial charge is 0.481 e. The van der Waals surface area contributed by atoms with Crippen molar-refractivity contribution in [3.8, 4) is 0 Å². The molecule has 0 radical (unpaired) electrons. The zero-order chi connectivity index (χ0) is 20.2. The number of rotatable bonds is 10. The van der Waals surface area contributed by atoms with Gasteiger partial charge in [-0.1, -0.05) is 13.3 Å². The van der Waals surface area contributed by atoms with Crippen LogP contribution < -0.4 is 15.8 Å². The minimum absolute atomic E-state index is 0.00642. The van der Waals surface area contributed by atoms with Gasteiger partial charge in [-0.15, -0.1) is 0 Å². The second-order valence-corrected chi connectivity index (χ2v) is 7.49. The van der Waals surface area contributed by atoms with Gasteiger partial charge in [0.1, 0.15) is 5.84 Å². The highest BCUT2D eigenvalue weighted by molar-refractivity contribution is 7.89. The molecule has 0 aromatic heterocycles. The monoisotopic (exact) mass is 388 g/mol. The zero-order valence-electron chi connectivity index (χ0n) is 15.0. The van der Waals surface area contributed by atoms with Gasteiger partial charge in [0, 0.05) is 31.3 Å². The van der Waals surface area contributed by atoms with Crippen molar-refractivity contribution >= 4 is 27.5 Å². The Morgan fingerprint density at radius 1 is 1.27 bits per heavy atom. The minimum Gasteiger partial charge on any atom is -0.481 e. The Hall–Kier alpha value is -2.17. The second-order valence-electron chi connectivity index (χ2n) is 5.57. The van der Waals surface area contributed by atoms with E-state index >= 15 is 0 Å². The molecule has 0 bridgehead atoms. The van der Waals surface area contributed by atoms with Crippen molar-refractivity contribution in [3.05, 3.63) is 29.8 Å². The number of carboxylic acid groups (broad SMARTS) is 1. The third kappa shape index (κ3) is 12.2. The Labute approximate surface area is 154 Å². The number of carboxylic acids is 1. The number of amidine groups is 1. The van der Waals surface area contributed by atoms with Crippen molar-refractivity contribution in [2.45, 2.75) is 32.8 Å². The molecule has 0 amide bonds. The van der Waals surface area contributed by atoms with Crippen molar-refractivity contribution in [2.24, 2.45) is 5.73 Å². The number of carbonyl (C=O) groups is 1. The summed E-state index contributed by atoms with van der Waals surface area (Å²) >= 11 is 0. The molecule has 1 aromatic rings. The van der Waals surface area contributed by atoms with Crippen LogP contribution in [-0.4, -0.2) is 55.4 Å². The summed E-state index contributed by atoms with van der Waals surface area (Å²) in [6.45, 7) is 3.20. The average Bonchev–Trinajstić information content (AvgIpc) is 2.56. The van der Waals surface area contributed by atoms with Crippen LogP contribution in [0.1, 0.15) is 32.3 Å². The lowest BCUT2D eigenvalue weighted by molar-refractivity contribution is -0.134. The number of sulfonamides is 1. The molecule has 0 heterocycles. The lowest BCUT2D eigenvalue weighted by Gasteiger charge is -2.14. The van der Waals surface area contributed by atoms with Gasteiger partial charge in [-0.2, -0.15) is 0 Å². The molecule has 0 spiro atoms. The van der Waals surface area contributed by atoms with Gasteiger partial charge in [-0.25, -0.2) is 13.1 Å². The van der Waals surface area contributed by atoms with Crippen LogP contribution >= 0.6 is 0 Å². The zero-order valence-corrected chi connectivity index (χ0v) is 15.8. The molecule has 1 atom stereocenters. The summed E-state index contributed by atoms with van der Waals surface area (Å²) in [6, 6.07) is 6.89. The minimum atomic E-state index is -3.31. The lowest BCUT2D eigenvalue weighted by Crippen LogP contribution is -2.36. The highest BCUT2D eigenvalue weighted by atomic mass is 32.2. The summed E-state index contributed by atoms with van der Waals surface area (Å²) in [4.78, 5) is 9.00. The summed E-state index contributed by atoms with van der Waals surface area (Å²) in [6.07, 6.45) is 0.580. The van der Waals surface area contributed by atoms with Crippen molar-refractivity contribution in [2.75, 3.05) is 24.2 Å². The number of unbranched alkanes of at least 4 members (excludes halogenated alkanes) is 1. The van der Waals surface area contributed by atoms with Crippen molar-refractivity contribution in [3.63, 3.8) is 0 Å². The third-order valence-electron chi connectivity index (χ3n) is 3.04. The van der Waals surface area contributed by atoms with Gasteiger partial charge < -0.3 is 21.3 Å². The Morgan fingerprint density at radius 3 is 2.27 bits per heavy atom. The molecule has 1 unspecified atom stereocenters. The summed E-state index contributed by atoms with van der Waals surface area (Å²) < 4.78 is 25.6. The van der Waals surface area contributed by atoms with Crippen LogP contribution in [0.3, 0.4) is 0 Å². The predicted molar refractivity (Wildman–Crippen MR) is 102 cm³/mol. The van der Waals surface area contributed by atoms with E-state index in [2.05, 4.69) is 10.0 Å². The molecule has 9 nitrogen and oxygen atoms in total. The maximum absolute atomic E-state index is 11.6. The van der Waals surface area contributed by atoms with E-state index in [0.717, 1.165) is 19.0 Å². The molecule has 26 heavy (non-hydrogen) atoms. The van der Waals surface area contributed by atoms with E-state index in [9.17, 15) is 13.5 Å². The number of nitrogens with two attached hydrogens (primary N) is 1. The highest BCUT2D eigenvalue weighted by Crippen LogP contribution is 2.09. The van der Waals surface area contributed by atoms with E-state index in [-0.39, 0.29) is 24.7 Å². The lowest BCUT2D eigenvalue weighted by atomic mass is 10.2. The maximum Gasteiger partial charge on any atom is 0.300 e. The predicted octanol–water partition coefficient (Wildman–Crippen LogP) is 0.554. The Kier molecular flexibility index (Phi) is 11.2. The number of hydrogen-bond acceptors (Lipinski definition) is 6. The molecule has 148 valence electrons. The molecule has 0 aliphatic rings. The number of hydrogen-bond donors (Lipinski definition) is 6. The van der Waals surface area contributed by atoms with Gasteiger partial charge in [0.15, 0.2) is 0 Å². The number of anilines is 1. The molecule has 0 saturated carbocycles. The maximum atomic E-state index is 11.6. The highest BCUT2D eigenvalue weighted by Gasteiger charge is 2.12. The molecule has 10 heteroatoms. The van der Waals surface area contributed by atoms with Crippen LogP contribution in [0.4, 0.5) is 5.69 Å². The smallest absolute Gasteiger partial charge is 0.300 e. The van der Waals surface area contributed by atoms with E-state index in [1.165, 1.54) is 0 Å². The summed E-state index contributed by atoms with van der Waals surface area (Å²) in [5.41, 5.74) is 6.74. The molecular formula is C16H28N4O5S. The van der Waals surface area contributed by atoms with E-state index in [1.807, 2.05) is 6.92 Å². The number of nitrogen functional groups attached to an aromatic ring is 1. The Morgan fingerprint density at radius 2 is 1.81 bits per heavy atom. The van der Waals surface area contributed by atoms with Gasteiger partial charge in [-0.05, 0) is 30.7 Å². The first-order chi connectivity index (χ1) is 12.1. The fourth-order valence-electron chi connectivity index (χ4n) is 1.71. The molecular weight excluding hydrogens is 360 g/mol. The number of aliphatic carboxylic acids is 1. The topological polar surface area (TPSA) is 166 Å². The van der Waals surface area contributed by atoms with Gasteiger partial charge in [0.05, 0.1) is 11.9 Å². The van der Waals surface area contributed by atoms with Crippen LogP contribution in [-0.2, 0) is 14.8 Å². The normalized spacial score (nSPS) is 11.8. The van der Waals surface area contributed by atoms with Crippen molar-refractivity contribution in [1.29, 1.82) is 5.41 Å². The van der Waals surface area contributed by atoms with E-state index in [0.29, 0.717) is 12.0 Å². The fourth-order valence-corrected chi connectivity index (χ4v) is 2.96. The Balaban J connectivity index is 0.00000141. The number of aliphatic hydroxyl groups excluding tert-OH is 1. The quantitative estimate of drug-likeness (QED) is 0.251. The van der Waals surface area contributed by atoms with E-state index in [4.69, 9.17) is 21.0 Å². The van der Waals surface area contributed by atoms with Gasteiger partial charge in [0.2, 0.25) is 10.0 Å². The molecule has 1 aromatic carbocycles.